The first kappa shape index (κ1) is 24.3. The Morgan fingerprint density at radius 2 is 1.86 bits per heavy atom. The van der Waals surface area contributed by atoms with Gasteiger partial charge in [-0.1, -0.05) is 27.2 Å². The predicted molar refractivity (Wildman–Crippen MR) is 115 cm³/mol. The summed E-state index contributed by atoms with van der Waals surface area (Å²) in [7, 11) is 0. The van der Waals surface area contributed by atoms with Crippen molar-refractivity contribution in [3.05, 3.63) is 17.5 Å². The Labute approximate surface area is 170 Å². The highest BCUT2D eigenvalue weighted by atomic mass is 16.3. The van der Waals surface area contributed by atoms with Crippen LogP contribution < -0.4 is 10.6 Å². The molecule has 0 radical (unpaired) electrons. The number of anilines is 1. The summed E-state index contributed by atoms with van der Waals surface area (Å²) in [4.78, 5) is 21.4. The summed E-state index contributed by atoms with van der Waals surface area (Å²) >= 11 is 0. The molecule has 0 atom stereocenters. The fraction of sp³-hybridized carbons (Fsp3) is 0.773. The van der Waals surface area contributed by atoms with Gasteiger partial charge >= 0.3 is 0 Å². The monoisotopic (exact) mass is 392 g/mol. The number of carbonyl (C=O) groups is 1. The van der Waals surface area contributed by atoms with Crippen molar-refractivity contribution in [2.75, 3.05) is 18.5 Å². The molecule has 0 aliphatic heterocycles. The number of aliphatic hydroxyl groups excluding tert-OH is 1. The highest BCUT2D eigenvalue weighted by Gasteiger charge is 2.19. The van der Waals surface area contributed by atoms with Crippen molar-refractivity contribution < 1.29 is 9.90 Å². The van der Waals surface area contributed by atoms with Crippen LogP contribution in [-0.2, 0) is 17.6 Å². The number of rotatable bonds is 14. The Kier molecular flexibility index (Phi) is 11.0. The van der Waals surface area contributed by atoms with E-state index < -0.39 is 0 Å². The van der Waals surface area contributed by atoms with Gasteiger partial charge in [0.05, 0.1) is 0 Å². The molecule has 0 bridgehead atoms. The van der Waals surface area contributed by atoms with Crippen molar-refractivity contribution in [2.45, 2.75) is 91.5 Å². The van der Waals surface area contributed by atoms with Crippen LogP contribution in [0.3, 0.4) is 0 Å². The molecular weight excluding hydrogens is 352 g/mol. The number of amides is 1. The van der Waals surface area contributed by atoms with E-state index in [1.807, 2.05) is 13.8 Å². The molecular formula is C22H40N4O2. The van der Waals surface area contributed by atoms with Gasteiger partial charge in [-0.25, -0.2) is 9.97 Å². The first-order chi connectivity index (χ1) is 13.3. The molecule has 3 N–H and O–H groups in total. The average Bonchev–Trinajstić information content (AvgIpc) is 2.61. The lowest BCUT2D eigenvalue weighted by Crippen LogP contribution is -2.44. The third-order valence-corrected chi connectivity index (χ3v) is 4.67. The molecule has 0 fully saturated rings. The molecule has 0 aromatic carbocycles. The first-order valence-corrected chi connectivity index (χ1v) is 10.8. The summed E-state index contributed by atoms with van der Waals surface area (Å²) in [5, 5.41) is 15.3. The van der Waals surface area contributed by atoms with E-state index in [1.54, 1.807) is 0 Å². The van der Waals surface area contributed by atoms with E-state index in [9.17, 15) is 4.79 Å². The lowest BCUT2D eigenvalue weighted by molar-refractivity contribution is -0.122. The lowest BCUT2D eigenvalue weighted by atomic mass is 10.0. The summed E-state index contributed by atoms with van der Waals surface area (Å²) in [5.74, 6) is 1.34. The van der Waals surface area contributed by atoms with Gasteiger partial charge in [0.2, 0.25) is 11.9 Å². The Hall–Kier alpha value is -1.69. The fourth-order valence-electron chi connectivity index (χ4n) is 2.91. The molecule has 160 valence electrons. The molecule has 1 rings (SSSR count). The topological polar surface area (TPSA) is 87.1 Å². The SMILES string of the molecule is CCCCc1cc(CCC(C)C)nc(NCCCC(=O)NC(C)(C)CCO)n1. The van der Waals surface area contributed by atoms with Crippen LogP contribution >= 0.6 is 0 Å². The van der Waals surface area contributed by atoms with E-state index in [-0.39, 0.29) is 18.1 Å². The maximum absolute atomic E-state index is 12.1. The second kappa shape index (κ2) is 12.7. The Balaban J connectivity index is 2.54. The quantitative estimate of drug-likeness (QED) is 0.418. The molecule has 1 amide bonds. The summed E-state index contributed by atoms with van der Waals surface area (Å²) in [6, 6.07) is 2.14. The van der Waals surface area contributed by atoms with E-state index in [2.05, 4.69) is 47.4 Å². The van der Waals surface area contributed by atoms with Gasteiger partial charge in [0, 0.05) is 36.5 Å². The molecule has 6 nitrogen and oxygen atoms in total. The van der Waals surface area contributed by atoms with Crippen LogP contribution in [0.2, 0.25) is 0 Å². The van der Waals surface area contributed by atoms with Crippen LogP contribution in [0.4, 0.5) is 5.95 Å². The highest BCUT2D eigenvalue weighted by molar-refractivity contribution is 5.76. The van der Waals surface area contributed by atoms with E-state index >= 15 is 0 Å². The second-order valence-electron chi connectivity index (χ2n) is 8.65. The summed E-state index contributed by atoms with van der Waals surface area (Å²) < 4.78 is 0. The average molecular weight is 393 g/mol. The first-order valence-electron chi connectivity index (χ1n) is 10.8. The van der Waals surface area contributed by atoms with Crippen LogP contribution in [0.1, 0.15) is 84.5 Å². The minimum absolute atomic E-state index is 0.00971. The Bertz CT molecular complexity index is 588. The van der Waals surface area contributed by atoms with Gasteiger partial charge in [0.1, 0.15) is 0 Å². The molecule has 0 unspecified atom stereocenters. The van der Waals surface area contributed by atoms with Crippen molar-refractivity contribution in [1.82, 2.24) is 15.3 Å². The summed E-state index contributed by atoms with van der Waals surface area (Å²) in [5.41, 5.74) is 1.82. The van der Waals surface area contributed by atoms with Gasteiger partial charge in [0.25, 0.3) is 0 Å². The maximum Gasteiger partial charge on any atom is 0.223 e. The Morgan fingerprint density at radius 3 is 2.46 bits per heavy atom. The minimum Gasteiger partial charge on any atom is -0.396 e. The van der Waals surface area contributed by atoms with Crippen molar-refractivity contribution in [1.29, 1.82) is 0 Å². The van der Waals surface area contributed by atoms with Gasteiger partial charge in [-0.15, -0.1) is 0 Å². The number of aromatic nitrogens is 2. The van der Waals surface area contributed by atoms with Crippen molar-refractivity contribution in [2.24, 2.45) is 5.92 Å². The number of unbranched alkanes of at least 4 members (excludes halogenated alkanes) is 1. The largest absolute Gasteiger partial charge is 0.396 e. The van der Waals surface area contributed by atoms with Crippen LogP contribution in [0.15, 0.2) is 6.07 Å². The molecule has 0 saturated heterocycles. The van der Waals surface area contributed by atoms with E-state index in [0.717, 1.165) is 43.5 Å². The van der Waals surface area contributed by atoms with E-state index in [0.29, 0.717) is 37.7 Å². The van der Waals surface area contributed by atoms with Gasteiger partial charge in [-0.05, 0) is 64.4 Å². The molecule has 28 heavy (non-hydrogen) atoms. The number of nitrogens with zero attached hydrogens (tertiary/aromatic N) is 2. The molecule has 0 aliphatic carbocycles. The van der Waals surface area contributed by atoms with Gasteiger partial charge < -0.3 is 15.7 Å². The number of aryl methyl sites for hydroxylation is 2. The number of nitrogens with one attached hydrogen (secondary N) is 2. The zero-order valence-electron chi connectivity index (χ0n) is 18.5. The maximum atomic E-state index is 12.1. The smallest absolute Gasteiger partial charge is 0.223 e. The number of hydrogen-bond acceptors (Lipinski definition) is 5. The minimum atomic E-state index is -0.374. The van der Waals surface area contributed by atoms with Crippen LogP contribution in [-0.4, -0.2) is 39.7 Å². The Morgan fingerprint density at radius 1 is 1.18 bits per heavy atom. The third kappa shape index (κ3) is 10.6. The second-order valence-corrected chi connectivity index (χ2v) is 8.65. The summed E-state index contributed by atoms with van der Waals surface area (Å²) in [6.07, 6.45) is 7.05. The molecule has 0 spiro atoms. The zero-order chi connectivity index (χ0) is 21.0. The predicted octanol–water partition coefficient (Wildman–Crippen LogP) is 3.88. The lowest BCUT2D eigenvalue weighted by Gasteiger charge is -2.25. The molecule has 1 heterocycles. The van der Waals surface area contributed by atoms with Gasteiger partial charge in [0.15, 0.2) is 0 Å². The molecule has 0 aliphatic rings. The van der Waals surface area contributed by atoms with E-state index in [4.69, 9.17) is 5.11 Å². The van der Waals surface area contributed by atoms with Crippen molar-refractivity contribution in [3.63, 3.8) is 0 Å². The van der Waals surface area contributed by atoms with Crippen molar-refractivity contribution >= 4 is 11.9 Å². The normalized spacial score (nSPS) is 11.7. The van der Waals surface area contributed by atoms with Gasteiger partial charge in [-0.2, -0.15) is 0 Å². The standard InChI is InChI=1S/C22H40N4O2/c1-6-7-9-18-16-19(12-11-17(2)3)25-21(24-18)23-14-8-10-20(28)26-22(4,5)13-15-27/h16-17,27H,6-15H2,1-5H3,(H,26,28)(H,23,24,25). The van der Waals surface area contributed by atoms with Crippen LogP contribution in [0, 0.1) is 5.92 Å². The number of carbonyl (C=O) groups excluding carboxylic acids is 1. The number of aliphatic hydroxyl groups is 1. The van der Waals surface area contributed by atoms with E-state index in [1.165, 1.54) is 0 Å². The highest BCUT2D eigenvalue weighted by Crippen LogP contribution is 2.13. The van der Waals surface area contributed by atoms with Crippen molar-refractivity contribution in [3.8, 4) is 0 Å². The third-order valence-electron chi connectivity index (χ3n) is 4.67. The van der Waals surface area contributed by atoms with Gasteiger partial charge in [-0.3, -0.25) is 4.79 Å². The van der Waals surface area contributed by atoms with Crippen LogP contribution in [0.25, 0.3) is 0 Å². The molecule has 1 aromatic rings. The summed E-state index contributed by atoms with van der Waals surface area (Å²) in [6.45, 7) is 11.2. The zero-order valence-corrected chi connectivity index (χ0v) is 18.5. The fourth-order valence-corrected chi connectivity index (χ4v) is 2.91. The number of hydrogen-bond donors (Lipinski definition) is 3. The molecule has 6 heteroatoms. The van der Waals surface area contributed by atoms with Crippen LogP contribution in [0.5, 0.6) is 0 Å². The molecule has 1 aromatic heterocycles. The molecule has 0 saturated carbocycles.